The van der Waals surface area contributed by atoms with Gasteiger partial charge in [-0.15, -0.1) is 0 Å². The Kier molecular flexibility index (Phi) is 5.92. The Morgan fingerprint density at radius 1 is 0.769 bits per heavy atom. The minimum absolute atomic E-state index is 0.246. The molecule has 3 rings (SSSR count). The second-order valence-corrected chi connectivity index (χ2v) is 6.46. The van der Waals surface area contributed by atoms with E-state index in [1.165, 1.54) is 11.1 Å². The number of aromatic nitrogens is 3. The predicted octanol–water partition coefficient (Wildman–Crippen LogP) is 3.44. The van der Waals surface area contributed by atoms with Crippen LogP contribution in [0.15, 0.2) is 55.0 Å². The van der Waals surface area contributed by atoms with Crippen molar-refractivity contribution in [2.45, 2.75) is 33.4 Å². The van der Waals surface area contributed by atoms with Crippen LogP contribution in [0.5, 0.6) is 5.75 Å². The molecule has 0 bridgehead atoms. The zero-order valence-corrected chi connectivity index (χ0v) is 15.3. The highest BCUT2D eigenvalue weighted by Crippen LogP contribution is 2.17. The molecule has 0 fully saturated rings. The van der Waals surface area contributed by atoms with E-state index in [1.54, 1.807) is 18.3 Å². The van der Waals surface area contributed by atoms with Crippen molar-refractivity contribution < 1.29 is 5.11 Å². The Hall–Kier alpha value is -2.79. The highest BCUT2D eigenvalue weighted by molar-refractivity contribution is 5.25. The van der Waals surface area contributed by atoms with Crippen LogP contribution in [0.4, 0.5) is 0 Å². The van der Waals surface area contributed by atoms with Crippen molar-refractivity contribution in [3.05, 3.63) is 83.2 Å². The lowest BCUT2D eigenvalue weighted by Crippen LogP contribution is -2.27. The summed E-state index contributed by atoms with van der Waals surface area (Å²) in [6.45, 7) is 6.39. The first kappa shape index (κ1) is 18.0. The van der Waals surface area contributed by atoms with Crippen molar-refractivity contribution in [1.82, 2.24) is 19.9 Å². The van der Waals surface area contributed by atoms with Gasteiger partial charge in [0, 0.05) is 44.6 Å². The molecule has 0 aliphatic carbocycles. The average molecular weight is 348 g/mol. The van der Waals surface area contributed by atoms with E-state index in [0.29, 0.717) is 12.1 Å². The third-order valence-electron chi connectivity index (χ3n) is 4.51. The molecule has 5 nitrogen and oxygen atoms in total. The standard InChI is InChI=1S/C21H24N4O/c1-16-6-3-10-23-19(16)14-25(15-20-17(2)7-4-11-24-20)13-9-18-21(26)8-5-12-22-18/h3-8,10-12,26H,9,13-15H2,1-2H3. The second-order valence-electron chi connectivity index (χ2n) is 6.46. The van der Waals surface area contributed by atoms with E-state index in [2.05, 4.69) is 45.8 Å². The summed E-state index contributed by atoms with van der Waals surface area (Å²) in [5, 5.41) is 9.99. The Balaban J connectivity index is 1.78. The molecule has 134 valence electrons. The van der Waals surface area contributed by atoms with E-state index in [4.69, 9.17) is 0 Å². The van der Waals surface area contributed by atoms with Crippen LogP contribution in [0.25, 0.3) is 0 Å². The maximum Gasteiger partial charge on any atom is 0.137 e. The van der Waals surface area contributed by atoms with E-state index in [-0.39, 0.29) is 5.75 Å². The summed E-state index contributed by atoms with van der Waals surface area (Å²) in [6, 6.07) is 11.5. The number of hydrogen-bond acceptors (Lipinski definition) is 5. The fourth-order valence-electron chi connectivity index (χ4n) is 2.89. The SMILES string of the molecule is Cc1cccnc1CN(CCc1ncccc1O)Cc1ncccc1C. The molecule has 26 heavy (non-hydrogen) atoms. The van der Waals surface area contributed by atoms with Crippen LogP contribution < -0.4 is 0 Å². The molecule has 0 radical (unpaired) electrons. The first-order valence-electron chi connectivity index (χ1n) is 8.79. The van der Waals surface area contributed by atoms with Crippen molar-refractivity contribution in [2.75, 3.05) is 6.54 Å². The van der Waals surface area contributed by atoms with E-state index in [1.807, 2.05) is 24.5 Å². The minimum atomic E-state index is 0.246. The molecule has 0 unspecified atom stereocenters. The summed E-state index contributed by atoms with van der Waals surface area (Å²) < 4.78 is 0. The van der Waals surface area contributed by atoms with Gasteiger partial charge in [0.05, 0.1) is 17.1 Å². The number of nitrogens with zero attached hydrogens (tertiary/aromatic N) is 4. The molecular formula is C21H24N4O. The summed E-state index contributed by atoms with van der Waals surface area (Å²) in [6.07, 6.45) is 6.05. The van der Waals surface area contributed by atoms with Gasteiger partial charge in [0.2, 0.25) is 0 Å². The summed E-state index contributed by atoms with van der Waals surface area (Å²) in [7, 11) is 0. The maximum atomic E-state index is 9.99. The summed E-state index contributed by atoms with van der Waals surface area (Å²) in [5.41, 5.74) is 5.19. The van der Waals surface area contributed by atoms with Gasteiger partial charge in [-0.1, -0.05) is 12.1 Å². The quantitative estimate of drug-likeness (QED) is 0.709. The third kappa shape index (κ3) is 4.64. The molecule has 3 heterocycles. The molecule has 0 saturated carbocycles. The van der Waals surface area contributed by atoms with Crippen molar-refractivity contribution in [3.8, 4) is 5.75 Å². The maximum absolute atomic E-state index is 9.99. The molecular weight excluding hydrogens is 324 g/mol. The highest BCUT2D eigenvalue weighted by Gasteiger charge is 2.13. The van der Waals surface area contributed by atoms with Crippen LogP contribution in [-0.4, -0.2) is 31.5 Å². The Labute approximate surface area is 154 Å². The monoisotopic (exact) mass is 348 g/mol. The summed E-state index contributed by atoms with van der Waals surface area (Å²) >= 11 is 0. The van der Waals surface area contributed by atoms with Crippen LogP contribution in [0.1, 0.15) is 28.2 Å². The normalized spacial score (nSPS) is 11.0. The first-order chi connectivity index (χ1) is 12.6. The smallest absolute Gasteiger partial charge is 0.137 e. The topological polar surface area (TPSA) is 62.1 Å². The van der Waals surface area contributed by atoms with Gasteiger partial charge in [0.1, 0.15) is 5.75 Å². The highest BCUT2D eigenvalue weighted by atomic mass is 16.3. The van der Waals surface area contributed by atoms with Crippen molar-refractivity contribution >= 4 is 0 Å². The number of aryl methyl sites for hydroxylation is 2. The van der Waals surface area contributed by atoms with E-state index >= 15 is 0 Å². The van der Waals surface area contributed by atoms with Crippen molar-refractivity contribution in [3.63, 3.8) is 0 Å². The number of hydrogen-bond donors (Lipinski definition) is 1. The zero-order valence-electron chi connectivity index (χ0n) is 15.3. The minimum Gasteiger partial charge on any atom is -0.506 e. The van der Waals surface area contributed by atoms with Gasteiger partial charge in [-0.25, -0.2) is 0 Å². The molecule has 1 N–H and O–H groups in total. The first-order valence-corrected chi connectivity index (χ1v) is 8.79. The van der Waals surface area contributed by atoms with Gasteiger partial charge in [-0.05, 0) is 49.2 Å². The lowest BCUT2D eigenvalue weighted by molar-refractivity contribution is 0.251. The average Bonchev–Trinajstić information content (AvgIpc) is 2.64. The van der Waals surface area contributed by atoms with Gasteiger partial charge in [-0.3, -0.25) is 19.9 Å². The Morgan fingerprint density at radius 3 is 1.77 bits per heavy atom. The molecule has 5 heteroatoms. The molecule has 0 aliphatic rings. The Morgan fingerprint density at radius 2 is 1.27 bits per heavy atom. The molecule has 3 aromatic heterocycles. The fraction of sp³-hybridized carbons (Fsp3) is 0.286. The number of aromatic hydroxyl groups is 1. The van der Waals surface area contributed by atoms with Crippen LogP contribution in [0.2, 0.25) is 0 Å². The van der Waals surface area contributed by atoms with Crippen molar-refractivity contribution in [2.24, 2.45) is 0 Å². The molecule has 0 spiro atoms. The molecule has 3 aromatic rings. The van der Waals surface area contributed by atoms with Crippen LogP contribution in [-0.2, 0) is 19.5 Å². The van der Waals surface area contributed by atoms with Gasteiger partial charge < -0.3 is 5.11 Å². The van der Waals surface area contributed by atoms with Crippen molar-refractivity contribution in [1.29, 1.82) is 0 Å². The zero-order chi connectivity index (χ0) is 18.4. The van der Waals surface area contributed by atoms with Gasteiger partial charge >= 0.3 is 0 Å². The van der Waals surface area contributed by atoms with Gasteiger partial charge in [-0.2, -0.15) is 0 Å². The largest absolute Gasteiger partial charge is 0.506 e. The molecule has 0 atom stereocenters. The van der Waals surface area contributed by atoms with Gasteiger partial charge in [0.15, 0.2) is 0 Å². The Bertz CT molecular complexity index is 818. The van der Waals surface area contributed by atoms with E-state index in [0.717, 1.165) is 31.0 Å². The molecule has 0 amide bonds. The lowest BCUT2D eigenvalue weighted by Gasteiger charge is -2.23. The number of rotatable bonds is 7. The molecule has 0 aromatic carbocycles. The third-order valence-corrected chi connectivity index (χ3v) is 4.51. The summed E-state index contributed by atoms with van der Waals surface area (Å²) in [4.78, 5) is 15.7. The fourth-order valence-corrected chi connectivity index (χ4v) is 2.89. The van der Waals surface area contributed by atoms with E-state index in [9.17, 15) is 5.11 Å². The molecule has 0 saturated heterocycles. The number of pyridine rings is 3. The van der Waals surface area contributed by atoms with Gasteiger partial charge in [0.25, 0.3) is 0 Å². The molecule has 0 aliphatic heterocycles. The second kappa shape index (κ2) is 8.54. The van der Waals surface area contributed by atoms with Crippen LogP contribution in [0.3, 0.4) is 0 Å². The predicted molar refractivity (Wildman–Crippen MR) is 102 cm³/mol. The lowest BCUT2D eigenvalue weighted by atomic mass is 10.1. The van der Waals surface area contributed by atoms with Crippen LogP contribution in [0, 0.1) is 13.8 Å². The summed E-state index contributed by atoms with van der Waals surface area (Å²) in [5.74, 6) is 0.246. The van der Waals surface area contributed by atoms with Crippen LogP contribution >= 0.6 is 0 Å². The van der Waals surface area contributed by atoms with E-state index < -0.39 is 0 Å².